The first-order valence-electron chi connectivity index (χ1n) is 6.01. The third-order valence-electron chi connectivity index (χ3n) is 2.40. The molecular weight excluding hydrogens is 268 g/mol. The molecule has 0 bridgehead atoms. The standard InChI is InChI=1S/C12H18N2O4S/c1-2-14-19(17,18)11-7-5-10(6-8-11)13-9-3-4-12(15)16/h5-8,13-14H,2-4,9H2,1H3,(H,15,16). The van der Waals surface area contributed by atoms with Crippen LogP contribution in [0.5, 0.6) is 0 Å². The summed E-state index contributed by atoms with van der Waals surface area (Å²) in [7, 11) is -3.42. The van der Waals surface area contributed by atoms with Gasteiger partial charge in [0.15, 0.2) is 0 Å². The number of carboxylic acid groups (broad SMARTS) is 1. The van der Waals surface area contributed by atoms with E-state index in [9.17, 15) is 13.2 Å². The molecule has 7 heteroatoms. The largest absolute Gasteiger partial charge is 0.481 e. The van der Waals surface area contributed by atoms with Crippen molar-refractivity contribution in [2.45, 2.75) is 24.7 Å². The number of sulfonamides is 1. The number of hydrogen-bond acceptors (Lipinski definition) is 4. The van der Waals surface area contributed by atoms with Crippen LogP contribution in [-0.4, -0.2) is 32.6 Å². The minimum absolute atomic E-state index is 0.111. The van der Waals surface area contributed by atoms with Crippen LogP contribution in [0.4, 0.5) is 5.69 Å². The monoisotopic (exact) mass is 286 g/mol. The van der Waals surface area contributed by atoms with Crippen LogP contribution in [0.15, 0.2) is 29.2 Å². The van der Waals surface area contributed by atoms with Crippen molar-refractivity contribution in [2.75, 3.05) is 18.4 Å². The molecule has 6 nitrogen and oxygen atoms in total. The van der Waals surface area contributed by atoms with Crippen LogP contribution < -0.4 is 10.0 Å². The molecule has 0 aliphatic heterocycles. The number of carbonyl (C=O) groups is 1. The molecule has 106 valence electrons. The van der Waals surface area contributed by atoms with Gasteiger partial charge >= 0.3 is 5.97 Å². The number of carboxylic acids is 1. The second-order valence-electron chi connectivity index (χ2n) is 3.95. The predicted octanol–water partition coefficient (Wildman–Crippen LogP) is 1.26. The van der Waals surface area contributed by atoms with Crippen molar-refractivity contribution in [1.29, 1.82) is 0 Å². The predicted molar refractivity (Wildman–Crippen MR) is 72.7 cm³/mol. The number of aliphatic carboxylic acids is 1. The Balaban J connectivity index is 2.55. The molecule has 0 aromatic heterocycles. The van der Waals surface area contributed by atoms with Crippen LogP contribution in [-0.2, 0) is 14.8 Å². The number of anilines is 1. The zero-order chi connectivity index (χ0) is 14.3. The number of nitrogens with one attached hydrogen (secondary N) is 2. The number of hydrogen-bond donors (Lipinski definition) is 3. The van der Waals surface area contributed by atoms with Crippen molar-refractivity contribution in [3.05, 3.63) is 24.3 Å². The zero-order valence-corrected chi connectivity index (χ0v) is 11.5. The van der Waals surface area contributed by atoms with E-state index >= 15 is 0 Å². The molecule has 1 aromatic carbocycles. The number of benzene rings is 1. The third-order valence-corrected chi connectivity index (χ3v) is 3.96. The van der Waals surface area contributed by atoms with E-state index in [0.29, 0.717) is 19.5 Å². The Morgan fingerprint density at radius 3 is 2.42 bits per heavy atom. The van der Waals surface area contributed by atoms with Gasteiger partial charge in [-0.15, -0.1) is 0 Å². The minimum atomic E-state index is -3.42. The van der Waals surface area contributed by atoms with E-state index in [1.807, 2.05) is 0 Å². The lowest BCUT2D eigenvalue weighted by Crippen LogP contribution is -2.23. The maximum atomic E-state index is 11.7. The molecule has 0 atom stereocenters. The Bertz CT molecular complexity index is 511. The molecule has 1 aromatic rings. The maximum absolute atomic E-state index is 11.7. The summed E-state index contributed by atoms with van der Waals surface area (Å²) < 4.78 is 25.8. The normalized spacial score (nSPS) is 11.2. The second-order valence-corrected chi connectivity index (χ2v) is 5.72. The van der Waals surface area contributed by atoms with Crippen LogP contribution in [0.3, 0.4) is 0 Å². The smallest absolute Gasteiger partial charge is 0.303 e. The van der Waals surface area contributed by atoms with E-state index in [0.717, 1.165) is 5.69 Å². The van der Waals surface area contributed by atoms with Crippen molar-refractivity contribution in [2.24, 2.45) is 0 Å². The van der Waals surface area contributed by atoms with Gasteiger partial charge < -0.3 is 10.4 Å². The van der Waals surface area contributed by atoms with E-state index in [-0.39, 0.29) is 11.3 Å². The highest BCUT2D eigenvalue weighted by Gasteiger charge is 2.11. The highest BCUT2D eigenvalue weighted by Crippen LogP contribution is 2.13. The summed E-state index contributed by atoms with van der Waals surface area (Å²) in [5.41, 5.74) is 0.765. The van der Waals surface area contributed by atoms with Crippen molar-refractivity contribution in [3.8, 4) is 0 Å². The summed E-state index contributed by atoms with van der Waals surface area (Å²) >= 11 is 0. The molecule has 0 radical (unpaired) electrons. The van der Waals surface area contributed by atoms with Crippen molar-refractivity contribution >= 4 is 21.7 Å². The van der Waals surface area contributed by atoms with Crippen LogP contribution in [0.1, 0.15) is 19.8 Å². The van der Waals surface area contributed by atoms with E-state index in [4.69, 9.17) is 5.11 Å². The van der Waals surface area contributed by atoms with Gasteiger partial charge in [0.25, 0.3) is 0 Å². The molecule has 19 heavy (non-hydrogen) atoms. The minimum Gasteiger partial charge on any atom is -0.481 e. The van der Waals surface area contributed by atoms with Crippen molar-refractivity contribution in [3.63, 3.8) is 0 Å². The van der Waals surface area contributed by atoms with E-state index in [1.165, 1.54) is 12.1 Å². The topological polar surface area (TPSA) is 95.5 Å². The average molecular weight is 286 g/mol. The summed E-state index contributed by atoms with van der Waals surface area (Å²) in [6.07, 6.45) is 0.632. The average Bonchev–Trinajstić information content (AvgIpc) is 2.35. The molecule has 0 amide bonds. The Morgan fingerprint density at radius 1 is 1.26 bits per heavy atom. The first kappa shape index (κ1) is 15.5. The molecule has 0 spiro atoms. The quantitative estimate of drug-likeness (QED) is 0.625. The van der Waals surface area contributed by atoms with Gasteiger partial charge in [-0.25, -0.2) is 13.1 Å². The SMILES string of the molecule is CCNS(=O)(=O)c1ccc(NCCCC(=O)O)cc1. The van der Waals surface area contributed by atoms with Gasteiger partial charge in [0, 0.05) is 25.2 Å². The van der Waals surface area contributed by atoms with Gasteiger partial charge in [-0.05, 0) is 30.7 Å². The first-order chi connectivity index (χ1) is 8.95. The zero-order valence-electron chi connectivity index (χ0n) is 10.7. The van der Waals surface area contributed by atoms with E-state index in [2.05, 4.69) is 10.0 Å². The molecule has 0 fully saturated rings. The van der Waals surface area contributed by atoms with Gasteiger partial charge in [-0.2, -0.15) is 0 Å². The van der Waals surface area contributed by atoms with Gasteiger partial charge in [0.1, 0.15) is 0 Å². The molecule has 0 heterocycles. The van der Waals surface area contributed by atoms with Gasteiger partial charge in [-0.3, -0.25) is 4.79 Å². The van der Waals surface area contributed by atoms with Crippen LogP contribution >= 0.6 is 0 Å². The molecule has 0 aliphatic rings. The number of rotatable bonds is 8. The van der Waals surface area contributed by atoms with E-state index < -0.39 is 16.0 Å². The van der Waals surface area contributed by atoms with Crippen molar-refractivity contribution in [1.82, 2.24) is 4.72 Å². The molecule has 0 saturated carbocycles. The van der Waals surface area contributed by atoms with Gasteiger partial charge in [0.05, 0.1) is 4.90 Å². The fraction of sp³-hybridized carbons (Fsp3) is 0.417. The lowest BCUT2D eigenvalue weighted by atomic mass is 10.3. The summed E-state index contributed by atoms with van der Waals surface area (Å²) in [4.78, 5) is 10.5. The summed E-state index contributed by atoms with van der Waals surface area (Å²) in [5.74, 6) is -0.825. The summed E-state index contributed by atoms with van der Waals surface area (Å²) in [5, 5.41) is 11.5. The second kappa shape index (κ2) is 7.10. The molecular formula is C12H18N2O4S. The van der Waals surface area contributed by atoms with E-state index in [1.54, 1.807) is 19.1 Å². The van der Waals surface area contributed by atoms with Crippen LogP contribution in [0.2, 0.25) is 0 Å². The fourth-order valence-electron chi connectivity index (χ4n) is 1.50. The Morgan fingerprint density at radius 2 is 1.89 bits per heavy atom. The molecule has 0 unspecified atom stereocenters. The molecule has 0 saturated heterocycles. The highest BCUT2D eigenvalue weighted by atomic mass is 32.2. The lowest BCUT2D eigenvalue weighted by Gasteiger charge is -2.07. The first-order valence-corrected chi connectivity index (χ1v) is 7.49. The Labute approximate surface area is 112 Å². The fourth-order valence-corrected chi connectivity index (χ4v) is 2.54. The third kappa shape index (κ3) is 5.27. The Hall–Kier alpha value is -1.60. The van der Waals surface area contributed by atoms with Gasteiger partial charge in [0.2, 0.25) is 10.0 Å². The molecule has 0 aliphatic carbocycles. The van der Waals surface area contributed by atoms with Gasteiger partial charge in [-0.1, -0.05) is 6.92 Å². The van der Waals surface area contributed by atoms with Crippen molar-refractivity contribution < 1.29 is 18.3 Å². The van der Waals surface area contributed by atoms with Crippen LogP contribution in [0.25, 0.3) is 0 Å². The molecule has 1 rings (SSSR count). The lowest BCUT2D eigenvalue weighted by molar-refractivity contribution is -0.137. The van der Waals surface area contributed by atoms with Crippen LogP contribution in [0, 0.1) is 0 Å². The highest BCUT2D eigenvalue weighted by molar-refractivity contribution is 7.89. The summed E-state index contributed by atoms with van der Waals surface area (Å²) in [6, 6.07) is 6.34. The summed E-state index contributed by atoms with van der Waals surface area (Å²) in [6.45, 7) is 2.60. The Kier molecular flexibility index (Phi) is 5.78. The maximum Gasteiger partial charge on any atom is 0.303 e. The molecule has 3 N–H and O–H groups in total.